The molecule has 1 saturated heterocycles. The lowest BCUT2D eigenvalue weighted by atomic mass is 10.00. The number of carbonyl (C=O) groups is 1. The SMILES string of the molecule is CC(C(=O)N(NC1CC1)C1CC1)c1ccc(O[C@@H]2CCN(c3ncnc(OCC(C)(C)O)c3F)C2)cc1. The van der Waals surface area contributed by atoms with Crippen molar-refractivity contribution in [2.24, 2.45) is 0 Å². The van der Waals surface area contributed by atoms with Crippen LogP contribution in [0.5, 0.6) is 11.6 Å². The van der Waals surface area contributed by atoms with Gasteiger partial charge in [-0.1, -0.05) is 12.1 Å². The zero-order valence-corrected chi connectivity index (χ0v) is 21.7. The first kappa shape index (κ1) is 25.7. The fourth-order valence-corrected chi connectivity index (χ4v) is 4.40. The maximum Gasteiger partial charge on any atom is 0.255 e. The number of hydrazine groups is 1. The molecule has 2 saturated carbocycles. The van der Waals surface area contributed by atoms with Crippen LogP contribution in [0.4, 0.5) is 10.2 Å². The van der Waals surface area contributed by atoms with E-state index in [9.17, 15) is 14.3 Å². The van der Waals surface area contributed by atoms with Crippen LogP contribution in [0.15, 0.2) is 30.6 Å². The lowest BCUT2D eigenvalue weighted by Gasteiger charge is -2.26. The average molecular weight is 514 g/mol. The number of anilines is 1. The minimum Gasteiger partial charge on any atom is -0.489 e. The molecule has 10 heteroatoms. The molecule has 0 radical (unpaired) electrons. The Hall–Kier alpha value is -2.98. The molecular weight excluding hydrogens is 477 g/mol. The van der Waals surface area contributed by atoms with Gasteiger partial charge in [0.15, 0.2) is 5.82 Å². The van der Waals surface area contributed by atoms with Crippen LogP contribution < -0.4 is 19.8 Å². The van der Waals surface area contributed by atoms with Crippen LogP contribution in [-0.4, -0.2) is 69.5 Å². The Balaban J connectivity index is 1.16. The highest BCUT2D eigenvalue weighted by Gasteiger charge is 2.38. The molecule has 1 aromatic carbocycles. The van der Waals surface area contributed by atoms with E-state index in [2.05, 4.69) is 15.4 Å². The van der Waals surface area contributed by atoms with E-state index in [4.69, 9.17) is 9.47 Å². The normalized spacial score (nSPS) is 20.6. The van der Waals surface area contributed by atoms with E-state index >= 15 is 0 Å². The Labute approximate surface area is 217 Å². The number of aliphatic hydroxyl groups is 1. The molecule has 2 aliphatic carbocycles. The van der Waals surface area contributed by atoms with Crippen LogP contribution in [0.25, 0.3) is 0 Å². The van der Waals surface area contributed by atoms with Gasteiger partial charge in [-0.05, 0) is 64.2 Å². The van der Waals surface area contributed by atoms with Gasteiger partial charge in [-0.2, -0.15) is 9.37 Å². The first-order chi connectivity index (χ1) is 17.7. The van der Waals surface area contributed by atoms with Gasteiger partial charge in [-0.3, -0.25) is 9.80 Å². The first-order valence-corrected chi connectivity index (χ1v) is 13.1. The molecule has 1 aromatic heterocycles. The van der Waals surface area contributed by atoms with Crippen molar-refractivity contribution < 1.29 is 23.8 Å². The second-order valence-corrected chi connectivity index (χ2v) is 11.0. The number of nitrogens with zero attached hydrogens (tertiary/aromatic N) is 4. The third kappa shape index (κ3) is 6.48. The van der Waals surface area contributed by atoms with Crippen molar-refractivity contribution in [3.05, 3.63) is 42.0 Å². The summed E-state index contributed by atoms with van der Waals surface area (Å²) in [5.74, 6) is -0.0730. The molecule has 3 fully saturated rings. The molecule has 3 aliphatic rings. The zero-order chi connectivity index (χ0) is 26.2. The summed E-state index contributed by atoms with van der Waals surface area (Å²) in [4.78, 5) is 22.9. The van der Waals surface area contributed by atoms with Gasteiger partial charge in [0, 0.05) is 25.0 Å². The smallest absolute Gasteiger partial charge is 0.255 e. The average Bonchev–Trinajstić information content (AvgIpc) is 3.80. The monoisotopic (exact) mass is 513 g/mol. The van der Waals surface area contributed by atoms with Crippen LogP contribution in [0.1, 0.15) is 64.4 Å². The van der Waals surface area contributed by atoms with Gasteiger partial charge in [0.25, 0.3) is 5.88 Å². The summed E-state index contributed by atoms with van der Waals surface area (Å²) in [6, 6.07) is 8.46. The van der Waals surface area contributed by atoms with E-state index in [1.54, 1.807) is 13.8 Å². The van der Waals surface area contributed by atoms with Gasteiger partial charge >= 0.3 is 0 Å². The molecule has 5 rings (SSSR count). The summed E-state index contributed by atoms with van der Waals surface area (Å²) in [6.45, 7) is 6.08. The molecule has 2 atom stereocenters. The molecular formula is C27H36FN5O4. The molecule has 1 aliphatic heterocycles. The standard InChI is InChI=1S/C27H36FN5O4/c1-17(26(34)33(20-8-9-20)31-19-6-7-19)18-4-10-21(11-5-18)37-22-12-13-32(14-22)24-23(28)25(30-16-29-24)36-15-27(2,3)35/h4-5,10-11,16-17,19-20,22,31,35H,6-9,12-15H2,1-3H3/t17?,22-/m1/s1. The predicted molar refractivity (Wildman–Crippen MR) is 136 cm³/mol. The van der Waals surface area contributed by atoms with E-state index < -0.39 is 11.4 Å². The number of ether oxygens (including phenoxy) is 2. The maximum atomic E-state index is 15.0. The number of amides is 1. The van der Waals surface area contributed by atoms with E-state index in [0.717, 1.165) is 31.2 Å². The molecule has 1 unspecified atom stereocenters. The van der Waals surface area contributed by atoms with Crippen molar-refractivity contribution in [1.29, 1.82) is 0 Å². The van der Waals surface area contributed by atoms with Gasteiger partial charge in [0.1, 0.15) is 24.8 Å². The van der Waals surface area contributed by atoms with Crippen LogP contribution in [0.3, 0.4) is 0 Å². The topological polar surface area (TPSA) is 100 Å². The van der Waals surface area contributed by atoms with Gasteiger partial charge in [-0.15, -0.1) is 0 Å². The van der Waals surface area contributed by atoms with E-state index in [0.29, 0.717) is 37.3 Å². The Bertz CT molecular complexity index is 1100. The summed E-state index contributed by atoms with van der Waals surface area (Å²) < 4.78 is 26.5. The number of halogens is 1. The number of carbonyl (C=O) groups excluding carboxylic acids is 1. The van der Waals surface area contributed by atoms with Crippen LogP contribution in [0.2, 0.25) is 0 Å². The molecule has 2 N–H and O–H groups in total. The second kappa shape index (κ2) is 10.4. The molecule has 2 heterocycles. The fourth-order valence-electron chi connectivity index (χ4n) is 4.40. The van der Waals surface area contributed by atoms with E-state index in [-0.39, 0.29) is 36.2 Å². The molecule has 37 heavy (non-hydrogen) atoms. The van der Waals surface area contributed by atoms with E-state index in [1.165, 1.54) is 6.33 Å². The van der Waals surface area contributed by atoms with Gasteiger partial charge in [0.05, 0.1) is 18.1 Å². The highest BCUT2D eigenvalue weighted by atomic mass is 19.1. The van der Waals surface area contributed by atoms with Crippen molar-refractivity contribution in [1.82, 2.24) is 20.4 Å². The summed E-state index contributed by atoms with van der Waals surface area (Å²) in [5.41, 5.74) is 3.25. The molecule has 0 spiro atoms. The number of rotatable bonds is 11. The highest BCUT2D eigenvalue weighted by Crippen LogP contribution is 2.32. The lowest BCUT2D eigenvalue weighted by molar-refractivity contribution is -0.136. The Kier molecular flexibility index (Phi) is 7.22. The van der Waals surface area contributed by atoms with Crippen molar-refractivity contribution in [2.45, 2.75) is 82.6 Å². The fraction of sp³-hybridized carbons (Fsp3) is 0.593. The molecule has 9 nitrogen and oxygen atoms in total. The van der Waals surface area contributed by atoms with Crippen molar-refractivity contribution in [2.75, 3.05) is 24.6 Å². The van der Waals surface area contributed by atoms with Crippen LogP contribution in [0, 0.1) is 5.82 Å². The first-order valence-electron chi connectivity index (χ1n) is 13.1. The zero-order valence-electron chi connectivity index (χ0n) is 21.7. The van der Waals surface area contributed by atoms with Crippen molar-refractivity contribution >= 4 is 11.7 Å². The predicted octanol–water partition coefficient (Wildman–Crippen LogP) is 3.18. The molecule has 1 amide bonds. The Morgan fingerprint density at radius 2 is 1.95 bits per heavy atom. The second-order valence-electron chi connectivity index (χ2n) is 11.0. The van der Waals surface area contributed by atoms with Crippen molar-refractivity contribution in [3.8, 4) is 11.6 Å². The minimum atomic E-state index is -1.10. The van der Waals surface area contributed by atoms with Crippen LogP contribution in [-0.2, 0) is 4.79 Å². The van der Waals surface area contributed by atoms with Gasteiger partial charge in [0.2, 0.25) is 11.7 Å². The Morgan fingerprint density at radius 3 is 2.59 bits per heavy atom. The molecule has 0 bridgehead atoms. The van der Waals surface area contributed by atoms with Gasteiger partial charge in [-0.25, -0.2) is 10.4 Å². The lowest BCUT2D eigenvalue weighted by Crippen LogP contribution is -2.47. The summed E-state index contributed by atoms with van der Waals surface area (Å²) in [5, 5.41) is 11.7. The number of nitrogens with one attached hydrogen (secondary N) is 1. The quantitative estimate of drug-likeness (QED) is 0.442. The van der Waals surface area contributed by atoms with Crippen LogP contribution >= 0.6 is 0 Å². The highest BCUT2D eigenvalue weighted by molar-refractivity contribution is 5.83. The third-order valence-electron chi connectivity index (χ3n) is 6.85. The van der Waals surface area contributed by atoms with Gasteiger partial charge < -0.3 is 19.5 Å². The molecule has 200 valence electrons. The summed E-state index contributed by atoms with van der Waals surface area (Å²) in [7, 11) is 0. The largest absolute Gasteiger partial charge is 0.489 e. The third-order valence-corrected chi connectivity index (χ3v) is 6.85. The molecule has 2 aromatic rings. The van der Waals surface area contributed by atoms with Crippen molar-refractivity contribution in [3.63, 3.8) is 0 Å². The number of hydrogen-bond acceptors (Lipinski definition) is 8. The Morgan fingerprint density at radius 1 is 1.22 bits per heavy atom. The number of aromatic nitrogens is 2. The number of hydrogen-bond donors (Lipinski definition) is 2. The summed E-state index contributed by atoms with van der Waals surface area (Å²) in [6.07, 6.45) is 6.25. The minimum absolute atomic E-state index is 0.0814. The maximum absolute atomic E-state index is 15.0. The number of benzene rings is 1. The summed E-state index contributed by atoms with van der Waals surface area (Å²) >= 11 is 0. The van der Waals surface area contributed by atoms with E-state index in [1.807, 2.05) is 41.1 Å².